The lowest BCUT2D eigenvalue weighted by Crippen LogP contribution is -2.23. The predicted molar refractivity (Wildman–Crippen MR) is 79.7 cm³/mol. The molecule has 0 aliphatic heterocycles. The molecule has 1 heterocycles. The Balaban J connectivity index is 1.69. The Morgan fingerprint density at radius 3 is 2.60 bits per heavy atom. The molecule has 0 aliphatic carbocycles. The molecule has 0 aliphatic rings. The van der Waals surface area contributed by atoms with Crippen molar-refractivity contribution in [2.24, 2.45) is 0 Å². The lowest BCUT2D eigenvalue weighted by molar-refractivity contribution is 0.232. The fourth-order valence-corrected chi connectivity index (χ4v) is 2.00. The van der Waals surface area contributed by atoms with Gasteiger partial charge in [0.15, 0.2) is 0 Å². The highest BCUT2D eigenvalue weighted by atomic mass is 16.5. The molecule has 20 heavy (non-hydrogen) atoms. The summed E-state index contributed by atoms with van der Waals surface area (Å²) in [5, 5.41) is 3.13. The molecule has 2 rings (SSSR count). The molecular formula is C16H22N2O2. The summed E-state index contributed by atoms with van der Waals surface area (Å²) < 4.78 is 10.8. The second-order valence-electron chi connectivity index (χ2n) is 4.89. The maximum atomic E-state index is 5.74. The van der Waals surface area contributed by atoms with Crippen LogP contribution in [-0.2, 0) is 13.1 Å². The summed E-state index contributed by atoms with van der Waals surface area (Å²) in [6.45, 7) is 3.32. The molecule has 0 radical (unpaired) electrons. The van der Waals surface area contributed by atoms with Crippen molar-refractivity contribution < 1.29 is 9.15 Å². The zero-order chi connectivity index (χ0) is 14.2. The van der Waals surface area contributed by atoms with E-state index in [2.05, 4.69) is 29.4 Å². The van der Waals surface area contributed by atoms with Crippen LogP contribution < -0.4 is 10.1 Å². The first-order chi connectivity index (χ1) is 9.78. The molecule has 0 spiro atoms. The highest BCUT2D eigenvalue weighted by Crippen LogP contribution is 2.12. The third kappa shape index (κ3) is 4.72. The molecule has 1 aromatic heterocycles. The van der Waals surface area contributed by atoms with Gasteiger partial charge in [-0.3, -0.25) is 4.90 Å². The predicted octanol–water partition coefficient (Wildman–Crippen LogP) is 2.51. The van der Waals surface area contributed by atoms with Crippen molar-refractivity contribution in [3.8, 4) is 5.75 Å². The minimum Gasteiger partial charge on any atom is -0.492 e. The summed E-state index contributed by atoms with van der Waals surface area (Å²) in [6.07, 6.45) is 3.48. The van der Waals surface area contributed by atoms with E-state index in [1.54, 1.807) is 12.5 Å². The zero-order valence-electron chi connectivity index (χ0n) is 12.1. The molecule has 0 fully saturated rings. The first-order valence-electron chi connectivity index (χ1n) is 6.84. The molecule has 0 atom stereocenters. The molecule has 0 amide bonds. The van der Waals surface area contributed by atoms with E-state index in [9.17, 15) is 0 Å². The number of rotatable bonds is 8. The van der Waals surface area contributed by atoms with Crippen LogP contribution in [0, 0.1) is 0 Å². The average Bonchev–Trinajstić information content (AvgIpc) is 2.94. The number of hydrogen-bond donors (Lipinski definition) is 1. The number of ether oxygens (including phenoxy) is 1. The highest BCUT2D eigenvalue weighted by molar-refractivity contribution is 5.27. The van der Waals surface area contributed by atoms with Crippen LogP contribution >= 0.6 is 0 Å². The molecule has 0 saturated heterocycles. The highest BCUT2D eigenvalue weighted by Gasteiger charge is 2.02. The maximum Gasteiger partial charge on any atom is 0.119 e. The standard InChI is InChI=1S/C16H22N2O2/c1-17-11-14-3-5-16(6-4-14)20-10-8-18(2)12-15-7-9-19-13-15/h3-7,9,13,17H,8,10-12H2,1-2H3. The molecule has 4 heteroatoms. The zero-order valence-corrected chi connectivity index (χ0v) is 12.1. The number of likely N-dealkylation sites (N-methyl/N-ethyl adjacent to an activating group) is 1. The summed E-state index contributed by atoms with van der Waals surface area (Å²) in [5.74, 6) is 0.918. The van der Waals surface area contributed by atoms with Gasteiger partial charge in [-0.2, -0.15) is 0 Å². The Hall–Kier alpha value is -1.78. The van der Waals surface area contributed by atoms with Crippen LogP contribution in [0.15, 0.2) is 47.3 Å². The number of hydrogen-bond acceptors (Lipinski definition) is 4. The summed E-state index contributed by atoms with van der Waals surface area (Å²) >= 11 is 0. The smallest absolute Gasteiger partial charge is 0.119 e. The van der Waals surface area contributed by atoms with E-state index in [-0.39, 0.29) is 0 Å². The molecule has 1 aromatic carbocycles. The molecule has 0 saturated carbocycles. The van der Waals surface area contributed by atoms with E-state index in [1.165, 1.54) is 11.1 Å². The second-order valence-corrected chi connectivity index (χ2v) is 4.89. The molecule has 108 valence electrons. The minimum absolute atomic E-state index is 0.680. The van der Waals surface area contributed by atoms with Gasteiger partial charge in [0, 0.05) is 25.2 Å². The van der Waals surface area contributed by atoms with Gasteiger partial charge in [0.2, 0.25) is 0 Å². The fourth-order valence-electron chi connectivity index (χ4n) is 2.00. The van der Waals surface area contributed by atoms with Crippen molar-refractivity contribution >= 4 is 0 Å². The molecule has 0 unspecified atom stereocenters. The number of benzene rings is 1. The second kappa shape index (κ2) is 7.72. The Kier molecular flexibility index (Phi) is 5.65. The quantitative estimate of drug-likeness (QED) is 0.802. The Morgan fingerprint density at radius 1 is 1.15 bits per heavy atom. The van der Waals surface area contributed by atoms with E-state index in [0.717, 1.165) is 25.4 Å². The van der Waals surface area contributed by atoms with Crippen molar-refractivity contribution in [2.45, 2.75) is 13.1 Å². The van der Waals surface area contributed by atoms with Crippen molar-refractivity contribution in [3.63, 3.8) is 0 Å². The van der Waals surface area contributed by atoms with Crippen LogP contribution in [0.3, 0.4) is 0 Å². The van der Waals surface area contributed by atoms with Gasteiger partial charge in [-0.05, 0) is 37.9 Å². The lowest BCUT2D eigenvalue weighted by atomic mass is 10.2. The molecular weight excluding hydrogens is 252 g/mol. The van der Waals surface area contributed by atoms with Gasteiger partial charge in [-0.15, -0.1) is 0 Å². The third-order valence-electron chi connectivity index (χ3n) is 3.08. The van der Waals surface area contributed by atoms with E-state index in [4.69, 9.17) is 9.15 Å². The van der Waals surface area contributed by atoms with Crippen LogP contribution in [-0.4, -0.2) is 32.1 Å². The third-order valence-corrected chi connectivity index (χ3v) is 3.08. The number of furan rings is 1. The SMILES string of the molecule is CNCc1ccc(OCCN(C)Cc2ccoc2)cc1. The largest absolute Gasteiger partial charge is 0.492 e. The maximum absolute atomic E-state index is 5.74. The Bertz CT molecular complexity index is 480. The van der Waals surface area contributed by atoms with E-state index in [1.807, 2.05) is 25.2 Å². The van der Waals surface area contributed by atoms with Crippen LogP contribution in [0.4, 0.5) is 0 Å². The van der Waals surface area contributed by atoms with Gasteiger partial charge in [0.1, 0.15) is 12.4 Å². The van der Waals surface area contributed by atoms with Crippen molar-refractivity contribution in [3.05, 3.63) is 54.0 Å². The van der Waals surface area contributed by atoms with Gasteiger partial charge in [-0.25, -0.2) is 0 Å². The first-order valence-corrected chi connectivity index (χ1v) is 6.84. The normalized spacial score (nSPS) is 10.9. The van der Waals surface area contributed by atoms with Crippen molar-refractivity contribution in [1.82, 2.24) is 10.2 Å². The van der Waals surface area contributed by atoms with Crippen LogP contribution in [0.25, 0.3) is 0 Å². The lowest BCUT2D eigenvalue weighted by Gasteiger charge is -2.16. The van der Waals surface area contributed by atoms with Gasteiger partial charge in [-0.1, -0.05) is 12.1 Å². The summed E-state index contributed by atoms with van der Waals surface area (Å²) in [4.78, 5) is 2.21. The summed E-state index contributed by atoms with van der Waals surface area (Å²) in [6, 6.07) is 10.2. The monoisotopic (exact) mass is 274 g/mol. The number of nitrogens with one attached hydrogen (secondary N) is 1. The molecule has 2 aromatic rings. The van der Waals surface area contributed by atoms with Crippen LogP contribution in [0.5, 0.6) is 5.75 Å². The van der Waals surface area contributed by atoms with Crippen LogP contribution in [0.1, 0.15) is 11.1 Å². The van der Waals surface area contributed by atoms with Gasteiger partial charge in [0.05, 0.1) is 12.5 Å². The molecule has 4 nitrogen and oxygen atoms in total. The summed E-state index contributed by atoms with van der Waals surface area (Å²) in [7, 11) is 4.02. The van der Waals surface area contributed by atoms with Crippen molar-refractivity contribution in [2.75, 3.05) is 27.2 Å². The Labute approximate surface area is 120 Å². The van der Waals surface area contributed by atoms with Gasteiger partial charge < -0.3 is 14.5 Å². The molecule has 0 bridgehead atoms. The van der Waals surface area contributed by atoms with Gasteiger partial charge >= 0.3 is 0 Å². The summed E-state index contributed by atoms with van der Waals surface area (Å²) in [5.41, 5.74) is 2.45. The first kappa shape index (κ1) is 14.6. The topological polar surface area (TPSA) is 37.6 Å². The minimum atomic E-state index is 0.680. The fraction of sp³-hybridized carbons (Fsp3) is 0.375. The van der Waals surface area contributed by atoms with E-state index < -0.39 is 0 Å². The number of nitrogens with zero attached hydrogens (tertiary/aromatic N) is 1. The van der Waals surface area contributed by atoms with Crippen LogP contribution in [0.2, 0.25) is 0 Å². The van der Waals surface area contributed by atoms with E-state index in [0.29, 0.717) is 6.61 Å². The molecule has 1 N–H and O–H groups in total. The van der Waals surface area contributed by atoms with Crippen molar-refractivity contribution in [1.29, 1.82) is 0 Å². The van der Waals surface area contributed by atoms with Gasteiger partial charge in [0.25, 0.3) is 0 Å². The average molecular weight is 274 g/mol. The van der Waals surface area contributed by atoms with E-state index >= 15 is 0 Å². The Morgan fingerprint density at radius 2 is 1.95 bits per heavy atom.